The molecule has 0 aliphatic carbocycles. The van der Waals surface area contributed by atoms with Crippen molar-refractivity contribution in [1.82, 2.24) is 0 Å². The van der Waals surface area contributed by atoms with Gasteiger partial charge in [-0.25, -0.2) is 0 Å². The molecule has 0 aliphatic rings. The van der Waals surface area contributed by atoms with Crippen LogP contribution in [0.25, 0.3) is 0 Å². The van der Waals surface area contributed by atoms with Crippen molar-refractivity contribution in [3.05, 3.63) is 23.8 Å². The molecule has 9 heteroatoms. The van der Waals surface area contributed by atoms with E-state index < -0.39 is 53.7 Å². The third kappa shape index (κ3) is 9.95. The first kappa shape index (κ1) is 34.1. The molecule has 5 unspecified atom stereocenters. The molecular formula is C30H47NO8. The Morgan fingerprint density at radius 3 is 1.82 bits per heavy atom. The van der Waals surface area contributed by atoms with Crippen LogP contribution in [0.15, 0.2) is 18.2 Å². The Bertz CT molecular complexity index is 989. The third-order valence-electron chi connectivity index (χ3n) is 7.55. The Morgan fingerprint density at radius 2 is 1.36 bits per heavy atom. The lowest BCUT2D eigenvalue weighted by molar-refractivity contribution is -0.151. The molecule has 1 aromatic rings. The zero-order chi connectivity index (χ0) is 30.0. The lowest BCUT2D eigenvalue weighted by atomic mass is 9.79. The van der Waals surface area contributed by atoms with Gasteiger partial charge in [-0.15, -0.1) is 0 Å². The Morgan fingerprint density at radius 1 is 0.846 bits per heavy atom. The summed E-state index contributed by atoms with van der Waals surface area (Å²) in [6.07, 6.45) is 1.17. The molecule has 0 aliphatic heterocycles. The molecule has 0 spiro atoms. The zero-order valence-electron chi connectivity index (χ0n) is 24.9. The second kappa shape index (κ2) is 15.6. The Labute approximate surface area is 232 Å². The summed E-state index contributed by atoms with van der Waals surface area (Å²) in [7, 11) is 0. The Hall–Kier alpha value is -2.94. The van der Waals surface area contributed by atoms with E-state index >= 15 is 0 Å². The van der Waals surface area contributed by atoms with E-state index in [-0.39, 0.29) is 35.7 Å². The molecule has 1 rings (SSSR count). The first-order valence-electron chi connectivity index (χ1n) is 13.9. The highest BCUT2D eigenvalue weighted by Gasteiger charge is 2.36. The highest BCUT2D eigenvalue weighted by atomic mass is 16.6. The largest absolute Gasteiger partial charge is 0.480 e. The first-order valence-corrected chi connectivity index (χ1v) is 13.9. The van der Waals surface area contributed by atoms with Gasteiger partial charge in [-0.2, -0.15) is 0 Å². The molecule has 39 heavy (non-hydrogen) atoms. The van der Waals surface area contributed by atoms with Crippen LogP contribution in [0.3, 0.4) is 0 Å². The molecule has 6 atom stereocenters. The van der Waals surface area contributed by atoms with Crippen LogP contribution in [0.2, 0.25) is 0 Å². The van der Waals surface area contributed by atoms with Gasteiger partial charge >= 0.3 is 23.9 Å². The van der Waals surface area contributed by atoms with Crippen LogP contribution in [-0.2, 0) is 23.9 Å². The van der Waals surface area contributed by atoms with E-state index in [1.807, 2.05) is 34.6 Å². The minimum Gasteiger partial charge on any atom is -0.480 e. The Kier molecular flexibility index (Phi) is 13.6. The van der Waals surface area contributed by atoms with Crippen molar-refractivity contribution in [2.24, 2.45) is 35.3 Å². The van der Waals surface area contributed by atoms with Crippen molar-refractivity contribution in [3.8, 4) is 11.5 Å². The number of carbonyl (C=O) groups is 4. The van der Waals surface area contributed by atoms with E-state index in [1.54, 1.807) is 33.8 Å². The molecule has 0 bridgehead atoms. The van der Waals surface area contributed by atoms with Crippen molar-refractivity contribution in [2.45, 2.75) is 99.6 Å². The van der Waals surface area contributed by atoms with Gasteiger partial charge in [0, 0.05) is 18.3 Å². The van der Waals surface area contributed by atoms with Crippen LogP contribution < -0.4 is 15.2 Å². The number of carboxylic acid groups (broad SMARTS) is 1. The van der Waals surface area contributed by atoms with Gasteiger partial charge in [0.05, 0.1) is 11.8 Å². The maximum Gasteiger partial charge on any atom is 0.321 e. The summed E-state index contributed by atoms with van der Waals surface area (Å²) in [4.78, 5) is 49.8. The molecule has 0 amide bonds. The van der Waals surface area contributed by atoms with Gasteiger partial charge in [0.1, 0.15) is 12.1 Å². The zero-order valence-corrected chi connectivity index (χ0v) is 24.9. The van der Waals surface area contributed by atoms with Gasteiger partial charge < -0.3 is 25.1 Å². The van der Waals surface area contributed by atoms with E-state index in [4.69, 9.17) is 19.9 Å². The van der Waals surface area contributed by atoms with E-state index in [2.05, 4.69) is 0 Å². The fraction of sp³-hybridized carbons (Fsp3) is 0.667. The van der Waals surface area contributed by atoms with Gasteiger partial charge in [0.25, 0.3) is 0 Å². The van der Waals surface area contributed by atoms with Gasteiger partial charge in [-0.1, -0.05) is 67.9 Å². The minimum absolute atomic E-state index is 0.00307. The highest BCUT2D eigenvalue weighted by molar-refractivity contribution is 5.79. The summed E-state index contributed by atoms with van der Waals surface area (Å²) in [5.41, 5.74) is 6.59. The van der Waals surface area contributed by atoms with Gasteiger partial charge in [-0.05, 0) is 42.9 Å². The fourth-order valence-electron chi connectivity index (χ4n) is 3.82. The van der Waals surface area contributed by atoms with Crippen LogP contribution in [-0.4, -0.2) is 41.1 Å². The summed E-state index contributed by atoms with van der Waals surface area (Å²) >= 11 is 0. The first-order chi connectivity index (χ1) is 18.1. The number of unbranched alkanes of at least 4 members (excludes halogenated alkanes) is 1. The van der Waals surface area contributed by atoms with Crippen LogP contribution in [0.4, 0.5) is 0 Å². The van der Waals surface area contributed by atoms with Crippen molar-refractivity contribution < 1.29 is 38.5 Å². The predicted molar refractivity (Wildman–Crippen MR) is 148 cm³/mol. The molecule has 0 aromatic heterocycles. The fourth-order valence-corrected chi connectivity index (χ4v) is 3.82. The molecule has 0 heterocycles. The standard InChI is InChI=1S/C30H47NO8/c1-10-11-12-25(32)37-21(9)20(8)26(27(31)28(33)34)22-13-14-23(38-29(35)18(6)16(2)3)24(15-22)39-30(36)19(7)17(4)5/h13-21,26-27H,10-12,31H2,1-9H3,(H,33,34)/t18?,19?,20?,21?,26?,27-/m0/s1. The SMILES string of the molecule is CCCCC(=O)OC(C)C(C)C(c1ccc(OC(=O)C(C)C(C)C)c(OC(=O)C(C)C(C)C)c1)[C@H](N)C(=O)O. The summed E-state index contributed by atoms with van der Waals surface area (Å²) in [5.74, 6) is -4.66. The van der Waals surface area contributed by atoms with E-state index in [0.29, 0.717) is 12.0 Å². The number of benzene rings is 1. The monoisotopic (exact) mass is 549 g/mol. The number of carboxylic acids is 1. The second-order valence-corrected chi connectivity index (χ2v) is 11.2. The molecule has 3 N–H and O–H groups in total. The number of esters is 3. The van der Waals surface area contributed by atoms with E-state index in [1.165, 1.54) is 12.1 Å². The van der Waals surface area contributed by atoms with Crippen LogP contribution in [0, 0.1) is 29.6 Å². The average molecular weight is 550 g/mol. The molecular weight excluding hydrogens is 502 g/mol. The van der Waals surface area contributed by atoms with Crippen LogP contribution in [0.5, 0.6) is 11.5 Å². The number of aliphatic carboxylic acids is 1. The van der Waals surface area contributed by atoms with E-state index in [0.717, 1.165) is 6.42 Å². The normalized spacial score (nSPS) is 16.1. The molecule has 0 saturated carbocycles. The summed E-state index contributed by atoms with van der Waals surface area (Å²) < 4.78 is 16.9. The number of hydrogen-bond acceptors (Lipinski definition) is 8. The molecule has 220 valence electrons. The number of rotatable bonds is 15. The highest BCUT2D eigenvalue weighted by Crippen LogP contribution is 2.38. The summed E-state index contributed by atoms with van der Waals surface area (Å²) in [6.45, 7) is 16.5. The molecule has 1 aromatic carbocycles. The topological polar surface area (TPSA) is 142 Å². The number of nitrogens with two attached hydrogens (primary N) is 1. The van der Waals surface area contributed by atoms with Gasteiger partial charge in [-0.3, -0.25) is 19.2 Å². The predicted octanol–water partition coefficient (Wildman–Crippen LogP) is 5.34. The number of carbonyl (C=O) groups excluding carboxylic acids is 3. The number of hydrogen-bond donors (Lipinski definition) is 2. The lowest BCUT2D eigenvalue weighted by Crippen LogP contribution is -2.42. The van der Waals surface area contributed by atoms with Gasteiger partial charge in [0.15, 0.2) is 11.5 Å². The summed E-state index contributed by atoms with van der Waals surface area (Å²) in [5, 5.41) is 9.79. The smallest absolute Gasteiger partial charge is 0.321 e. The second-order valence-electron chi connectivity index (χ2n) is 11.2. The molecule has 0 fully saturated rings. The third-order valence-corrected chi connectivity index (χ3v) is 7.55. The molecule has 0 saturated heterocycles. The average Bonchev–Trinajstić information content (AvgIpc) is 2.87. The Balaban J connectivity index is 3.52. The minimum atomic E-state index is -1.34. The van der Waals surface area contributed by atoms with Gasteiger partial charge in [0.2, 0.25) is 0 Å². The maximum absolute atomic E-state index is 12.9. The van der Waals surface area contributed by atoms with Crippen molar-refractivity contribution >= 4 is 23.9 Å². The summed E-state index contributed by atoms with van der Waals surface area (Å²) in [6, 6.07) is 3.23. The van der Waals surface area contributed by atoms with Crippen molar-refractivity contribution in [1.29, 1.82) is 0 Å². The van der Waals surface area contributed by atoms with Crippen molar-refractivity contribution in [2.75, 3.05) is 0 Å². The van der Waals surface area contributed by atoms with E-state index in [9.17, 15) is 24.3 Å². The van der Waals surface area contributed by atoms with Crippen molar-refractivity contribution in [3.63, 3.8) is 0 Å². The lowest BCUT2D eigenvalue weighted by Gasteiger charge is -2.32. The van der Waals surface area contributed by atoms with Crippen LogP contribution >= 0.6 is 0 Å². The molecule has 0 radical (unpaired) electrons. The number of ether oxygens (including phenoxy) is 3. The quantitative estimate of drug-likeness (QED) is 0.219. The maximum atomic E-state index is 12.9. The van der Waals surface area contributed by atoms with Crippen LogP contribution in [0.1, 0.15) is 93.1 Å². The molecule has 9 nitrogen and oxygen atoms in total.